The van der Waals surface area contributed by atoms with Crippen LogP contribution in [0.5, 0.6) is 0 Å². The molecule has 0 atom stereocenters. The fourth-order valence-electron chi connectivity index (χ4n) is 3.02. The first-order chi connectivity index (χ1) is 12.8. The summed E-state index contributed by atoms with van der Waals surface area (Å²) in [7, 11) is 0. The number of hydrogen-bond acceptors (Lipinski definition) is 4. The van der Waals surface area contributed by atoms with E-state index < -0.39 is 0 Å². The van der Waals surface area contributed by atoms with Crippen LogP contribution in [-0.4, -0.2) is 29.6 Å². The normalized spacial score (nSPS) is 13.8. The number of nitrogens with zero attached hydrogens (tertiary/aromatic N) is 3. The third-order valence-corrected chi connectivity index (χ3v) is 4.56. The molecule has 4 nitrogen and oxygen atoms in total. The van der Waals surface area contributed by atoms with Crippen molar-refractivity contribution in [1.82, 2.24) is 9.97 Å². The van der Waals surface area contributed by atoms with Gasteiger partial charge in [0.15, 0.2) is 0 Å². The fourth-order valence-corrected chi connectivity index (χ4v) is 3.16. The lowest BCUT2D eigenvalue weighted by atomic mass is 10.1. The van der Waals surface area contributed by atoms with Gasteiger partial charge >= 0.3 is 0 Å². The summed E-state index contributed by atoms with van der Waals surface area (Å²) >= 11 is 5.54. The Morgan fingerprint density at radius 3 is 2.27 bits per heavy atom. The molecular formula is C21H25ClN4. The Balaban J connectivity index is 0.000000236. The maximum atomic E-state index is 5.54. The van der Waals surface area contributed by atoms with Crippen molar-refractivity contribution in [3.63, 3.8) is 0 Å². The van der Waals surface area contributed by atoms with E-state index in [1.165, 1.54) is 19.3 Å². The Hall–Kier alpha value is -2.33. The zero-order valence-electron chi connectivity index (χ0n) is 15.2. The van der Waals surface area contributed by atoms with Crippen molar-refractivity contribution in [2.24, 2.45) is 0 Å². The van der Waals surface area contributed by atoms with Gasteiger partial charge in [-0.05, 0) is 50.5 Å². The molecule has 4 rings (SSSR count). The van der Waals surface area contributed by atoms with Crippen molar-refractivity contribution in [2.75, 3.05) is 29.9 Å². The Morgan fingerprint density at radius 2 is 1.62 bits per heavy atom. The molecule has 1 fully saturated rings. The minimum absolute atomic E-state index is 0.794. The number of benzene rings is 2. The van der Waals surface area contributed by atoms with Crippen molar-refractivity contribution in [2.45, 2.75) is 26.2 Å². The van der Waals surface area contributed by atoms with E-state index in [1.54, 1.807) is 0 Å². The third-order valence-electron chi connectivity index (χ3n) is 4.31. The predicted molar refractivity (Wildman–Crippen MR) is 111 cm³/mol. The summed E-state index contributed by atoms with van der Waals surface area (Å²) in [5, 5.41) is 5.25. The first-order valence-corrected chi connectivity index (χ1v) is 9.62. The van der Waals surface area contributed by atoms with Gasteiger partial charge in [0, 0.05) is 30.0 Å². The van der Waals surface area contributed by atoms with Crippen LogP contribution in [0, 0.1) is 0 Å². The van der Waals surface area contributed by atoms with E-state index in [1.807, 2.05) is 42.5 Å². The monoisotopic (exact) mass is 368 g/mol. The van der Waals surface area contributed by atoms with Gasteiger partial charge in [0.05, 0.1) is 5.52 Å². The van der Waals surface area contributed by atoms with E-state index in [4.69, 9.17) is 21.6 Å². The molecular weight excluding hydrogens is 344 g/mol. The van der Waals surface area contributed by atoms with E-state index in [-0.39, 0.29) is 0 Å². The Kier molecular flexibility index (Phi) is 6.67. The summed E-state index contributed by atoms with van der Waals surface area (Å²) in [5.74, 6) is 1.82. The minimum Gasteiger partial charge on any atom is -0.370 e. The summed E-state index contributed by atoms with van der Waals surface area (Å²) in [6.45, 7) is 5.12. The third kappa shape index (κ3) is 4.85. The molecule has 5 heteroatoms. The topological polar surface area (TPSA) is 41.1 Å². The zero-order valence-corrected chi connectivity index (χ0v) is 15.9. The molecule has 1 aromatic heterocycles. The van der Waals surface area contributed by atoms with Crippen LogP contribution >= 0.6 is 11.6 Å². The lowest BCUT2D eigenvalue weighted by Gasteiger charge is -2.27. The molecule has 2 aromatic carbocycles. The molecule has 3 aromatic rings. The van der Waals surface area contributed by atoms with Gasteiger partial charge in [0.25, 0.3) is 0 Å². The molecule has 2 heterocycles. The van der Waals surface area contributed by atoms with E-state index in [0.29, 0.717) is 0 Å². The molecule has 0 bridgehead atoms. The highest BCUT2D eigenvalue weighted by Crippen LogP contribution is 2.24. The molecule has 136 valence electrons. The number of fused-ring (bicyclic) bond motifs is 1. The molecule has 0 aliphatic carbocycles. The zero-order chi connectivity index (χ0) is 18.2. The molecule has 0 unspecified atom stereocenters. The summed E-state index contributed by atoms with van der Waals surface area (Å²) in [4.78, 5) is 11.7. The van der Waals surface area contributed by atoms with Gasteiger partial charge in [0.1, 0.15) is 5.82 Å². The number of anilines is 2. The fraction of sp³-hybridized carbons (Fsp3) is 0.333. The van der Waals surface area contributed by atoms with Crippen LogP contribution in [0.25, 0.3) is 10.9 Å². The molecule has 26 heavy (non-hydrogen) atoms. The van der Waals surface area contributed by atoms with Crippen LogP contribution in [0.3, 0.4) is 0 Å². The van der Waals surface area contributed by atoms with Crippen LogP contribution in [-0.2, 0) is 0 Å². The Morgan fingerprint density at radius 1 is 0.923 bits per heavy atom. The smallest absolute Gasteiger partial charge is 0.227 e. The van der Waals surface area contributed by atoms with Crippen LogP contribution in [0.1, 0.15) is 26.2 Å². The van der Waals surface area contributed by atoms with Crippen LogP contribution in [0.15, 0.2) is 54.6 Å². The highest BCUT2D eigenvalue weighted by molar-refractivity contribution is 6.30. The Labute approximate surface area is 160 Å². The number of hydrogen-bond donors (Lipinski definition) is 1. The Bertz CT molecular complexity index is 817. The number of halogens is 1. The van der Waals surface area contributed by atoms with Gasteiger partial charge in [-0.2, -0.15) is 4.98 Å². The molecule has 1 aliphatic rings. The van der Waals surface area contributed by atoms with Crippen molar-refractivity contribution < 1.29 is 0 Å². The standard InChI is InChI=1S/C15H20N4.C6H5Cl/c1-2-16-14-12-8-4-5-9-13(12)17-15(18-14)19-10-6-3-7-11-19;7-6-4-2-1-3-5-6/h4-5,8-9H,2-3,6-7,10-11H2,1H3,(H,16,17,18);1-5H. The number of rotatable bonds is 3. The SMILES string of the molecule is CCNc1nc(N2CCCCC2)nc2ccccc12.Clc1ccccc1. The van der Waals surface area contributed by atoms with Gasteiger partial charge in [0.2, 0.25) is 5.95 Å². The maximum absolute atomic E-state index is 5.54. The van der Waals surface area contributed by atoms with Crippen molar-refractivity contribution in [1.29, 1.82) is 0 Å². The summed E-state index contributed by atoms with van der Waals surface area (Å²) in [6, 6.07) is 17.6. The second kappa shape index (κ2) is 9.39. The lowest BCUT2D eigenvalue weighted by molar-refractivity contribution is 0.569. The van der Waals surface area contributed by atoms with Gasteiger partial charge in [-0.3, -0.25) is 0 Å². The molecule has 0 saturated carbocycles. The number of nitrogens with one attached hydrogen (secondary N) is 1. The average molecular weight is 369 g/mol. The largest absolute Gasteiger partial charge is 0.370 e. The minimum atomic E-state index is 0.794. The number of para-hydroxylation sites is 1. The molecule has 0 amide bonds. The van der Waals surface area contributed by atoms with Crippen molar-refractivity contribution in [3.8, 4) is 0 Å². The van der Waals surface area contributed by atoms with Crippen molar-refractivity contribution >= 4 is 34.3 Å². The maximum Gasteiger partial charge on any atom is 0.227 e. The average Bonchev–Trinajstić information content (AvgIpc) is 2.70. The summed E-state index contributed by atoms with van der Waals surface area (Å²) < 4.78 is 0. The number of piperidine rings is 1. The first kappa shape index (κ1) is 18.5. The first-order valence-electron chi connectivity index (χ1n) is 9.24. The van der Waals surface area contributed by atoms with Crippen molar-refractivity contribution in [3.05, 3.63) is 59.6 Å². The highest BCUT2D eigenvalue weighted by atomic mass is 35.5. The van der Waals surface area contributed by atoms with Crippen LogP contribution in [0.4, 0.5) is 11.8 Å². The van der Waals surface area contributed by atoms with Crippen LogP contribution < -0.4 is 10.2 Å². The second-order valence-electron chi connectivity index (χ2n) is 6.26. The van der Waals surface area contributed by atoms with Gasteiger partial charge in [-0.25, -0.2) is 4.98 Å². The van der Waals surface area contributed by atoms with Gasteiger partial charge in [-0.1, -0.05) is 41.9 Å². The number of aromatic nitrogens is 2. The van der Waals surface area contributed by atoms with Gasteiger partial charge in [-0.15, -0.1) is 0 Å². The second-order valence-corrected chi connectivity index (χ2v) is 6.70. The molecule has 1 N–H and O–H groups in total. The van der Waals surface area contributed by atoms with E-state index >= 15 is 0 Å². The summed E-state index contributed by atoms with van der Waals surface area (Å²) in [5.41, 5.74) is 1.02. The van der Waals surface area contributed by atoms with E-state index in [0.717, 1.165) is 47.3 Å². The predicted octanol–water partition coefficient (Wildman–Crippen LogP) is 5.39. The lowest BCUT2D eigenvalue weighted by Crippen LogP contribution is -2.31. The molecule has 1 aliphatic heterocycles. The summed E-state index contributed by atoms with van der Waals surface area (Å²) in [6.07, 6.45) is 3.81. The highest BCUT2D eigenvalue weighted by Gasteiger charge is 2.15. The van der Waals surface area contributed by atoms with Crippen LogP contribution in [0.2, 0.25) is 5.02 Å². The van der Waals surface area contributed by atoms with E-state index in [9.17, 15) is 0 Å². The molecule has 0 spiro atoms. The quantitative estimate of drug-likeness (QED) is 0.672. The molecule has 1 saturated heterocycles. The van der Waals surface area contributed by atoms with E-state index in [2.05, 4.69) is 29.3 Å². The molecule has 0 radical (unpaired) electrons. The van der Waals surface area contributed by atoms with Gasteiger partial charge < -0.3 is 10.2 Å².